The van der Waals surface area contributed by atoms with Gasteiger partial charge in [0.05, 0.1) is 0 Å². The molecule has 0 atom stereocenters. The zero-order valence-electron chi connectivity index (χ0n) is 11.1. The van der Waals surface area contributed by atoms with Gasteiger partial charge in [0.2, 0.25) is 0 Å². The number of nitrogens with one attached hydrogen (secondary N) is 1. The minimum absolute atomic E-state index is 0.553. The van der Waals surface area contributed by atoms with Crippen LogP contribution in [-0.2, 0) is 0 Å². The summed E-state index contributed by atoms with van der Waals surface area (Å²) in [6.07, 6.45) is 4.43. The first kappa shape index (κ1) is 12.0. The SMILES string of the molecule is CC(C)/C=C/c1ccc2[nH]c(C(C)C)cc2c1. The van der Waals surface area contributed by atoms with Crippen LogP contribution >= 0.6 is 0 Å². The van der Waals surface area contributed by atoms with Gasteiger partial charge in [0.1, 0.15) is 0 Å². The van der Waals surface area contributed by atoms with Crippen molar-refractivity contribution in [2.24, 2.45) is 5.92 Å². The summed E-state index contributed by atoms with van der Waals surface area (Å²) in [6.45, 7) is 8.82. The highest BCUT2D eigenvalue weighted by Gasteiger charge is 2.04. The Hall–Kier alpha value is -1.50. The summed E-state index contributed by atoms with van der Waals surface area (Å²) in [4.78, 5) is 3.46. The van der Waals surface area contributed by atoms with Crippen LogP contribution in [0, 0.1) is 5.92 Å². The molecule has 1 N–H and O–H groups in total. The number of rotatable bonds is 3. The number of hydrogen-bond acceptors (Lipinski definition) is 0. The Bertz CT molecular complexity index is 529. The molecule has 0 aliphatic heterocycles. The molecule has 90 valence electrons. The number of benzene rings is 1. The minimum atomic E-state index is 0.553. The zero-order valence-corrected chi connectivity index (χ0v) is 11.1. The van der Waals surface area contributed by atoms with Crippen molar-refractivity contribution in [2.75, 3.05) is 0 Å². The molecule has 0 saturated carbocycles. The third-order valence-corrected chi connectivity index (χ3v) is 2.96. The summed E-state index contributed by atoms with van der Waals surface area (Å²) in [5.41, 5.74) is 3.82. The van der Waals surface area contributed by atoms with Crippen LogP contribution in [0.2, 0.25) is 0 Å². The van der Waals surface area contributed by atoms with Crippen molar-refractivity contribution in [1.29, 1.82) is 0 Å². The van der Waals surface area contributed by atoms with Gasteiger partial charge < -0.3 is 4.98 Å². The minimum Gasteiger partial charge on any atom is -0.358 e. The summed E-state index contributed by atoms with van der Waals surface area (Å²) in [6, 6.07) is 8.84. The summed E-state index contributed by atoms with van der Waals surface area (Å²) in [5.74, 6) is 1.15. The van der Waals surface area contributed by atoms with E-state index in [0.29, 0.717) is 11.8 Å². The van der Waals surface area contributed by atoms with Crippen molar-refractivity contribution in [1.82, 2.24) is 4.98 Å². The molecule has 0 aliphatic rings. The summed E-state index contributed by atoms with van der Waals surface area (Å²) in [7, 11) is 0. The van der Waals surface area contributed by atoms with E-state index < -0.39 is 0 Å². The van der Waals surface area contributed by atoms with E-state index in [4.69, 9.17) is 0 Å². The van der Waals surface area contributed by atoms with E-state index in [9.17, 15) is 0 Å². The maximum atomic E-state index is 3.46. The van der Waals surface area contributed by atoms with Gasteiger partial charge in [-0.15, -0.1) is 0 Å². The second-order valence-corrected chi connectivity index (χ2v) is 5.33. The molecule has 1 nitrogen and oxygen atoms in total. The Morgan fingerprint density at radius 2 is 1.82 bits per heavy atom. The Kier molecular flexibility index (Phi) is 3.37. The molecule has 0 amide bonds. The largest absolute Gasteiger partial charge is 0.358 e. The topological polar surface area (TPSA) is 15.8 Å². The van der Waals surface area contributed by atoms with E-state index in [-0.39, 0.29) is 0 Å². The first-order valence-corrected chi connectivity index (χ1v) is 6.37. The van der Waals surface area contributed by atoms with E-state index in [1.165, 1.54) is 22.2 Å². The van der Waals surface area contributed by atoms with Gasteiger partial charge in [0.25, 0.3) is 0 Å². The molecular weight excluding hydrogens is 206 g/mol. The molecule has 17 heavy (non-hydrogen) atoms. The fraction of sp³-hybridized carbons (Fsp3) is 0.375. The smallest absolute Gasteiger partial charge is 0.0456 e. The fourth-order valence-corrected chi connectivity index (χ4v) is 1.89. The Morgan fingerprint density at radius 1 is 1.06 bits per heavy atom. The van der Waals surface area contributed by atoms with E-state index in [1.54, 1.807) is 0 Å². The third-order valence-electron chi connectivity index (χ3n) is 2.96. The lowest BCUT2D eigenvalue weighted by Gasteiger charge is -1.97. The van der Waals surface area contributed by atoms with Gasteiger partial charge in [-0.25, -0.2) is 0 Å². The van der Waals surface area contributed by atoms with Crippen LogP contribution in [-0.4, -0.2) is 4.98 Å². The molecule has 1 aromatic carbocycles. The van der Waals surface area contributed by atoms with E-state index in [2.05, 4.69) is 69.1 Å². The fourth-order valence-electron chi connectivity index (χ4n) is 1.89. The molecule has 0 bridgehead atoms. The van der Waals surface area contributed by atoms with Crippen LogP contribution in [0.5, 0.6) is 0 Å². The number of fused-ring (bicyclic) bond motifs is 1. The van der Waals surface area contributed by atoms with Crippen molar-refractivity contribution < 1.29 is 0 Å². The van der Waals surface area contributed by atoms with Crippen LogP contribution in [0.1, 0.15) is 44.9 Å². The molecule has 0 saturated heterocycles. The molecule has 0 unspecified atom stereocenters. The van der Waals surface area contributed by atoms with Crippen LogP contribution in [0.3, 0.4) is 0 Å². The van der Waals surface area contributed by atoms with Gasteiger partial charge in [-0.2, -0.15) is 0 Å². The second-order valence-electron chi connectivity index (χ2n) is 5.33. The predicted octanol–water partition coefficient (Wildman–Crippen LogP) is 4.96. The first-order valence-electron chi connectivity index (χ1n) is 6.37. The standard InChI is InChI=1S/C16H21N/c1-11(2)5-6-13-7-8-15-14(9-13)10-16(17-15)12(3)4/h5-12,17H,1-4H3/b6-5+. The Morgan fingerprint density at radius 3 is 2.47 bits per heavy atom. The van der Waals surface area contributed by atoms with Crippen molar-refractivity contribution in [3.63, 3.8) is 0 Å². The number of aromatic nitrogens is 1. The zero-order chi connectivity index (χ0) is 12.4. The lowest BCUT2D eigenvalue weighted by atomic mass is 10.1. The Labute approximate surface area is 104 Å². The summed E-state index contributed by atoms with van der Waals surface area (Å²) < 4.78 is 0. The molecule has 2 rings (SSSR count). The lowest BCUT2D eigenvalue weighted by molar-refractivity contribution is 0.836. The first-order chi connectivity index (χ1) is 8.06. The van der Waals surface area contributed by atoms with Crippen LogP contribution in [0.4, 0.5) is 0 Å². The number of aromatic amines is 1. The average molecular weight is 227 g/mol. The third kappa shape index (κ3) is 2.79. The van der Waals surface area contributed by atoms with Crippen LogP contribution in [0.25, 0.3) is 17.0 Å². The maximum Gasteiger partial charge on any atom is 0.0456 e. The van der Waals surface area contributed by atoms with Crippen LogP contribution in [0.15, 0.2) is 30.3 Å². The maximum absolute atomic E-state index is 3.46. The van der Waals surface area contributed by atoms with Crippen molar-refractivity contribution >= 4 is 17.0 Å². The molecule has 0 aliphatic carbocycles. The van der Waals surface area contributed by atoms with Gasteiger partial charge in [-0.1, -0.05) is 45.9 Å². The molecule has 1 heterocycles. The number of H-pyrrole nitrogens is 1. The Balaban J connectivity index is 2.36. The molecule has 1 aromatic heterocycles. The van der Waals surface area contributed by atoms with Crippen molar-refractivity contribution in [2.45, 2.75) is 33.6 Å². The highest BCUT2D eigenvalue weighted by molar-refractivity contribution is 5.83. The summed E-state index contributed by atoms with van der Waals surface area (Å²) >= 11 is 0. The molecule has 0 spiro atoms. The van der Waals surface area contributed by atoms with E-state index >= 15 is 0 Å². The molecule has 0 fully saturated rings. The van der Waals surface area contributed by atoms with Gasteiger partial charge in [0, 0.05) is 16.6 Å². The highest BCUT2D eigenvalue weighted by atomic mass is 14.7. The molecule has 1 heteroatoms. The number of hydrogen-bond donors (Lipinski definition) is 1. The van der Waals surface area contributed by atoms with Gasteiger partial charge in [-0.3, -0.25) is 0 Å². The van der Waals surface area contributed by atoms with Gasteiger partial charge in [0.15, 0.2) is 0 Å². The van der Waals surface area contributed by atoms with E-state index in [0.717, 1.165) is 0 Å². The normalized spacial score (nSPS) is 12.4. The number of allylic oxidation sites excluding steroid dienone is 1. The second kappa shape index (κ2) is 4.79. The highest BCUT2D eigenvalue weighted by Crippen LogP contribution is 2.22. The quantitative estimate of drug-likeness (QED) is 0.762. The summed E-state index contributed by atoms with van der Waals surface area (Å²) in [5, 5.41) is 1.31. The van der Waals surface area contributed by atoms with Crippen LogP contribution < -0.4 is 0 Å². The average Bonchev–Trinajstić information content (AvgIpc) is 2.69. The lowest BCUT2D eigenvalue weighted by Crippen LogP contribution is -1.84. The van der Waals surface area contributed by atoms with Gasteiger partial charge >= 0.3 is 0 Å². The predicted molar refractivity (Wildman–Crippen MR) is 76.3 cm³/mol. The molecule has 0 radical (unpaired) electrons. The molecular formula is C16H21N. The van der Waals surface area contributed by atoms with Crippen molar-refractivity contribution in [3.05, 3.63) is 41.6 Å². The van der Waals surface area contributed by atoms with E-state index in [1.807, 2.05) is 0 Å². The molecule has 2 aromatic rings. The van der Waals surface area contributed by atoms with Crippen molar-refractivity contribution in [3.8, 4) is 0 Å². The monoisotopic (exact) mass is 227 g/mol. The van der Waals surface area contributed by atoms with Gasteiger partial charge in [-0.05, 0) is 35.6 Å².